The highest BCUT2D eigenvalue weighted by Crippen LogP contribution is 2.57. The molecular formula is C36H43N3O5S. The number of hydrogen-bond donors (Lipinski definition) is 1. The number of thiazole rings is 1. The topological polar surface area (TPSA) is 110 Å². The van der Waals surface area contributed by atoms with Gasteiger partial charge in [-0.25, -0.2) is 9.97 Å². The Morgan fingerprint density at radius 1 is 1.16 bits per heavy atom. The van der Waals surface area contributed by atoms with Gasteiger partial charge in [0.05, 0.1) is 28.7 Å². The number of ketones is 1. The Morgan fingerprint density at radius 3 is 2.76 bits per heavy atom. The van der Waals surface area contributed by atoms with E-state index in [-0.39, 0.29) is 41.9 Å². The van der Waals surface area contributed by atoms with Gasteiger partial charge in [0.1, 0.15) is 6.10 Å². The maximum absolute atomic E-state index is 14.5. The van der Waals surface area contributed by atoms with E-state index in [0.717, 1.165) is 47.2 Å². The van der Waals surface area contributed by atoms with Crippen molar-refractivity contribution in [3.05, 3.63) is 64.8 Å². The van der Waals surface area contributed by atoms with Gasteiger partial charge in [0.25, 0.3) is 0 Å². The fourth-order valence-electron chi connectivity index (χ4n) is 6.91. The van der Waals surface area contributed by atoms with Crippen LogP contribution < -0.4 is 4.74 Å². The third kappa shape index (κ3) is 6.69. The van der Waals surface area contributed by atoms with Crippen LogP contribution in [0.4, 0.5) is 0 Å². The van der Waals surface area contributed by atoms with E-state index >= 15 is 0 Å². The zero-order valence-electron chi connectivity index (χ0n) is 26.4. The first-order valence-corrected chi connectivity index (χ1v) is 17.1. The molecule has 0 radical (unpaired) electrons. The Labute approximate surface area is 268 Å². The number of fused-ring (bicyclic) bond motifs is 3. The van der Waals surface area contributed by atoms with Crippen molar-refractivity contribution in [1.29, 1.82) is 0 Å². The van der Waals surface area contributed by atoms with Crippen LogP contribution in [0.3, 0.4) is 0 Å². The number of carbonyl (C=O) groups is 3. The smallest absolute Gasteiger partial charge is 0.310 e. The summed E-state index contributed by atoms with van der Waals surface area (Å²) in [6.07, 6.45) is 11.0. The van der Waals surface area contributed by atoms with E-state index < -0.39 is 23.5 Å². The summed E-state index contributed by atoms with van der Waals surface area (Å²) in [5.74, 6) is -1.20. The second-order valence-corrected chi connectivity index (χ2v) is 15.0. The predicted octanol–water partition coefficient (Wildman–Crippen LogP) is 6.77. The highest BCUT2D eigenvalue weighted by atomic mass is 32.1. The van der Waals surface area contributed by atoms with Crippen LogP contribution in [-0.2, 0) is 26.2 Å². The number of pyridine rings is 1. The molecule has 0 unspecified atom stereocenters. The first kappa shape index (κ1) is 31.4. The number of allylic oxidation sites excluding steroid dienone is 2. The van der Waals surface area contributed by atoms with Crippen molar-refractivity contribution in [1.82, 2.24) is 14.9 Å². The Morgan fingerprint density at radius 2 is 1.98 bits per heavy atom. The normalized spacial score (nSPS) is 28.6. The van der Waals surface area contributed by atoms with E-state index in [2.05, 4.69) is 37.2 Å². The molecule has 6 rings (SSSR count). The van der Waals surface area contributed by atoms with Crippen LogP contribution >= 0.6 is 11.3 Å². The summed E-state index contributed by atoms with van der Waals surface area (Å²) in [6.45, 7) is 6.66. The van der Waals surface area contributed by atoms with E-state index in [4.69, 9.17) is 9.72 Å². The molecule has 0 bridgehead atoms. The average Bonchev–Trinajstić information content (AvgIpc) is 3.30. The molecule has 9 heteroatoms. The van der Waals surface area contributed by atoms with Crippen molar-refractivity contribution >= 4 is 39.8 Å². The lowest BCUT2D eigenvalue weighted by Crippen LogP contribution is -2.45. The van der Waals surface area contributed by atoms with Gasteiger partial charge in [0.2, 0.25) is 11.8 Å². The molecule has 2 aromatic heterocycles. The highest BCUT2D eigenvalue weighted by Gasteiger charge is 2.61. The highest BCUT2D eigenvalue weighted by molar-refractivity contribution is 7.09. The molecule has 3 aliphatic rings. The van der Waals surface area contributed by atoms with Crippen LogP contribution in [0, 0.1) is 17.3 Å². The van der Waals surface area contributed by atoms with Gasteiger partial charge in [-0.2, -0.15) is 0 Å². The number of aromatic nitrogens is 2. The number of hydrogen-bond acceptors (Lipinski definition) is 7. The van der Waals surface area contributed by atoms with Gasteiger partial charge in [-0.3, -0.25) is 14.4 Å². The Bertz CT molecular complexity index is 1600. The minimum absolute atomic E-state index is 0.0671. The van der Waals surface area contributed by atoms with Crippen molar-refractivity contribution in [3.63, 3.8) is 0 Å². The number of carbonyl (C=O) groups excluding carboxylic acids is 2. The fourth-order valence-corrected chi connectivity index (χ4v) is 8.01. The van der Waals surface area contributed by atoms with Crippen molar-refractivity contribution in [3.8, 4) is 5.88 Å². The molecule has 1 aromatic carbocycles. The second-order valence-electron chi connectivity index (χ2n) is 14.1. The molecule has 1 aliphatic carbocycles. The lowest BCUT2D eigenvalue weighted by molar-refractivity contribution is -0.147. The molecule has 5 atom stereocenters. The Balaban J connectivity index is 1.30. The average molecular weight is 630 g/mol. The standard InChI is InChI=1S/C36H43N3O5S/c1-35(2,3)30-22-45-31(38-30)17-24-12-7-5-4-6-8-13-25-19-36(25,34(42)43)20-29(40)28-18-26(21-39(28)33(24)41)44-32-27-14-10-9-11-23(27)15-16-37-32/h8-11,13-16,22,24-26,28H,4-7,12,17-21H2,1-3H3,(H,42,43)/b13-8-/t24-,25-,26-,28+,36-/m1/s1. The lowest BCUT2D eigenvalue weighted by Gasteiger charge is -2.28. The number of carboxylic acid groups (broad SMARTS) is 1. The third-order valence-electron chi connectivity index (χ3n) is 9.76. The molecule has 1 saturated carbocycles. The number of Topliss-reactive ketones (excluding diaryl/α,β-unsaturated/α-hetero) is 1. The molecule has 1 amide bonds. The zero-order chi connectivity index (χ0) is 31.8. The molecular weight excluding hydrogens is 586 g/mol. The summed E-state index contributed by atoms with van der Waals surface area (Å²) >= 11 is 1.59. The van der Waals surface area contributed by atoms with Crippen molar-refractivity contribution in [2.45, 2.75) is 96.1 Å². The fraction of sp³-hybridized carbons (Fsp3) is 0.528. The van der Waals surface area contributed by atoms with E-state index in [0.29, 0.717) is 31.6 Å². The van der Waals surface area contributed by atoms with E-state index in [1.807, 2.05) is 36.4 Å². The largest absolute Gasteiger partial charge is 0.481 e. The van der Waals surface area contributed by atoms with Gasteiger partial charge >= 0.3 is 5.97 Å². The van der Waals surface area contributed by atoms with Crippen LogP contribution in [0.2, 0.25) is 0 Å². The Hall–Kier alpha value is -3.59. The van der Waals surface area contributed by atoms with Crippen LogP contribution in [-0.4, -0.2) is 56.3 Å². The van der Waals surface area contributed by atoms with Crippen molar-refractivity contribution in [2.75, 3.05) is 6.54 Å². The number of nitrogens with zero attached hydrogens (tertiary/aromatic N) is 3. The number of rotatable bonds is 5. The second kappa shape index (κ2) is 12.7. The van der Waals surface area contributed by atoms with Crippen molar-refractivity contribution in [2.24, 2.45) is 17.3 Å². The van der Waals surface area contributed by atoms with Crippen LogP contribution in [0.25, 0.3) is 10.8 Å². The molecule has 4 heterocycles. The third-order valence-corrected chi connectivity index (χ3v) is 10.6. The monoisotopic (exact) mass is 629 g/mol. The van der Waals surface area contributed by atoms with Gasteiger partial charge in [-0.1, -0.05) is 64.0 Å². The number of aliphatic carboxylic acids is 1. The van der Waals surface area contributed by atoms with Gasteiger partial charge in [0, 0.05) is 47.6 Å². The first-order valence-electron chi connectivity index (χ1n) is 16.2. The summed E-state index contributed by atoms with van der Waals surface area (Å²) in [6, 6.07) is 9.02. The Kier molecular flexibility index (Phi) is 8.83. The number of amides is 1. The van der Waals surface area contributed by atoms with Crippen molar-refractivity contribution < 1.29 is 24.2 Å². The summed E-state index contributed by atoms with van der Waals surface area (Å²) in [5.41, 5.74) is -0.161. The molecule has 0 spiro atoms. The minimum Gasteiger partial charge on any atom is -0.481 e. The summed E-state index contributed by atoms with van der Waals surface area (Å²) in [5, 5.41) is 15.1. The number of carboxylic acids is 1. The maximum atomic E-state index is 14.5. The predicted molar refractivity (Wildman–Crippen MR) is 174 cm³/mol. The molecule has 1 N–H and O–H groups in total. The van der Waals surface area contributed by atoms with Gasteiger partial charge in [-0.05, 0) is 49.1 Å². The van der Waals surface area contributed by atoms with E-state index in [1.165, 1.54) is 0 Å². The number of ether oxygens (including phenoxy) is 1. The molecule has 8 nitrogen and oxygen atoms in total. The zero-order valence-corrected chi connectivity index (χ0v) is 27.2. The first-order chi connectivity index (χ1) is 21.5. The van der Waals surface area contributed by atoms with E-state index in [9.17, 15) is 19.5 Å². The van der Waals surface area contributed by atoms with Gasteiger partial charge in [0.15, 0.2) is 5.78 Å². The molecule has 2 aliphatic heterocycles. The quantitative estimate of drug-likeness (QED) is 0.310. The molecule has 2 fully saturated rings. The minimum atomic E-state index is -1.09. The summed E-state index contributed by atoms with van der Waals surface area (Å²) < 4.78 is 6.44. The van der Waals surface area contributed by atoms with Gasteiger partial charge in [-0.15, -0.1) is 11.3 Å². The van der Waals surface area contributed by atoms with E-state index in [1.54, 1.807) is 22.4 Å². The van der Waals surface area contributed by atoms with Crippen LogP contribution in [0.1, 0.15) is 82.8 Å². The van der Waals surface area contributed by atoms with Gasteiger partial charge < -0.3 is 14.7 Å². The molecule has 45 heavy (non-hydrogen) atoms. The van der Waals surface area contributed by atoms with Crippen LogP contribution in [0.5, 0.6) is 5.88 Å². The molecule has 238 valence electrons. The maximum Gasteiger partial charge on any atom is 0.310 e. The molecule has 1 saturated heterocycles. The lowest BCUT2D eigenvalue weighted by atomic mass is 9.91. The SMILES string of the molecule is CC(C)(C)c1csc(C[C@H]2CCCCC/C=C\[C@@H]3C[C@@]3(C(=O)O)CC(=O)[C@@H]3C[C@@H](Oc4nccc5ccccc45)CN3C2=O)n1. The summed E-state index contributed by atoms with van der Waals surface area (Å²) in [4.78, 5) is 52.1. The summed E-state index contributed by atoms with van der Waals surface area (Å²) in [7, 11) is 0. The van der Waals surface area contributed by atoms with Crippen LogP contribution in [0.15, 0.2) is 54.1 Å². The number of benzene rings is 1. The molecule has 3 aromatic rings.